The average molecular weight is 320 g/mol. The summed E-state index contributed by atoms with van der Waals surface area (Å²) >= 11 is 6.86. The van der Waals surface area contributed by atoms with Gasteiger partial charge in [0.15, 0.2) is 0 Å². The van der Waals surface area contributed by atoms with E-state index in [0.717, 1.165) is 24.2 Å². The number of nitrogens with zero attached hydrogens (tertiary/aromatic N) is 3. The lowest BCUT2D eigenvalue weighted by Gasteiger charge is -2.14. The number of rotatable bonds is 5. The second kappa shape index (κ2) is 5.70. The highest BCUT2D eigenvalue weighted by atomic mass is 35.5. The second-order valence-electron chi connectivity index (χ2n) is 4.13. The van der Waals surface area contributed by atoms with E-state index in [2.05, 4.69) is 9.97 Å². The minimum Gasteiger partial charge on any atom is -0.225 e. The summed E-state index contributed by atoms with van der Waals surface area (Å²) in [4.78, 5) is 7.87. The highest BCUT2D eigenvalue weighted by Gasteiger charge is 2.23. The molecular weight excluding hydrogens is 306 g/mol. The number of fused-ring (bicyclic) bond motifs is 1. The lowest BCUT2D eigenvalue weighted by molar-refractivity contribution is 0.461. The molecule has 8 heteroatoms. The molecule has 0 atom stereocenters. The Labute approximate surface area is 121 Å². The van der Waals surface area contributed by atoms with Gasteiger partial charge in [-0.15, -0.1) is 11.3 Å². The van der Waals surface area contributed by atoms with Gasteiger partial charge in [0.05, 0.1) is 10.2 Å². The zero-order valence-electron chi connectivity index (χ0n) is 10.6. The van der Waals surface area contributed by atoms with Gasteiger partial charge in [0.2, 0.25) is 5.28 Å². The van der Waals surface area contributed by atoms with E-state index in [1.165, 1.54) is 4.31 Å². The van der Waals surface area contributed by atoms with Gasteiger partial charge in [-0.25, -0.2) is 22.7 Å². The third kappa shape index (κ3) is 3.05. The zero-order chi connectivity index (χ0) is 14.0. The van der Waals surface area contributed by atoms with Crippen LogP contribution in [0.2, 0.25) is 5.28 Å². The quantitative estimate of drug-likeness (QED) is 0.795. The van der Waals surface area contributed by atoms with Gasteiger partial charge < -0.3 is 0 Å². The van der Waals surface area contributed by atoms with Crippen LogP contribution >= 0.6 is 22.9 Å². The maximum absolute atomic E-state index is 12.3. The number of thiophene rings is 1. The maximum Gasteiger partial charge on any atom is 0.252 e. The molecule has 2 heterocycles. The first-order valence-corrected chi connectivity index (χ1v) is 8.47. The van der Waals surface area contributed by atoms with Crippen LogP contribution in [-0.4, -0.2) is 36.3 Å². The third-order valence-electron chi connectivity index (χ3n) is 2.71. The number of sulfonamides is 1. The van der Waals surface area contributed by atoms with E-state index in [9.17, 15) is 8.42 Å². The monoisotopic (exact) mass is 319 g/mol. The highest BCUT2D eigenvalue weighted by molar-refractivity contribution is 7.91. The summed E-state index contributed by atoms with van der Waals surface area (Å²) < 4.78 is 27.1. The molecule has 0 aromatic carbocycles. The summed E-state index contributed by atoms with van der Waals surface area (Å²) in [6, 6.07) is 1.55. The molecule has 0 fully saturated rings. The molecule has 2 aromatic heterocycles. The van der Waals surface area contributed by atoms with Gasteiger partial charge in [-0.05, 0) is 24.1 Å². The summed E-state index contributed by atoms with van der Waals surface area (Å²) in [6.07, 6.45) is 3.33. The van der Waals surface area contributed by atoms with Gasteiger partial charge in [-0.1, -0.05) is 13.3 Å². The molecule has 5 nitrogen and oxygen atoms in total. The Morgan fingerprint density at radius 1 is 1.47 bits per heavy atom. The van der Waals surface area contributed by atoms with Crippen LogP contribution in [0.15, 0.2) is 16.5 Å². The third-order valence-corrected chi connectivity index (χ3v) is 6.26. The molecule has 0 aliphatic rings. The van der Waals surface area contributed by atoms with Gasteiger partial charge in [0.1, 0.15) is 4.21 Å². The van der Waals surface area contributed by atoms with E-state index in [1.54, 1.807) is 19.3 Å². The van der Waals surface area contributed by atoms with Crippen molar-refractivity contribution in [2.45, 2.75) is 24.0 Å². The fraction of sp³-hybridized carbons (Fsp3) is 0.455. The van der Waals surface area contributed by atoms with Crippen LogP contribution in [0.25, 0.3) is 10.2 Å². The second-order valence-corrected chi connectivity index (χ2v) is 7.83. The molecule has 0 radical (unpaired) electrons. The van der Waals surface area contributed by atoms with Crippen LogP contribution in [-0.2, 0) is 10.0 Å². The summed E-state index contributed by atoms with van der Waals surface area (Å²) in [6.45, 7) is 2.54. The average Bonchev–Trinajstić information content (AvgIpc) is 2.79. The maximum atomic E-state index is 12.3. The van der Waals surface area contributed by atoms with Gasteiger partial charge in [0.25, 0.3) is 10.0 Å². The van der Waals surface area contributed by atoms with E-state index in [0.29, 0.717) is 16.8 Å². The fourth-order valence-electron chi connectivity index (χ4n) is 1.57. The van der Waals surface area contributed by atoms with Crippen molar-refractivity contribution < 1.29 is 8.42 Å². The topological polar surface area (TPSA) is 63.2 Å². The van der Waals surface area contributed by atoms with Crippen molar-refractivity contribution in [3.63, 3.8) is 0 Å². The molecule has 0 unspecified atom stereocenters. The SMILES string of the molecule is CCCCN(C)S(=O)(=O)c1cc2nc(Cl)ncc2s1. The Morgan fingerprint density at radius 3 is 2.89 bits per heavy atom. The first-order valence-electron chi connectivity index (χ1n) is 5.83. The molecule has 0 amide bonds. The summed E-state index contributed by atoms with van der Waals surface area (Å²) in [5, 5.41) is 0.119. The standard InChI is InChI=1S/C11H14ClN3O2S2/c1-3-4-5-15(2)19(16,17)10-6-8-9(18-10)7-13-11(12)14-8/h6-7H,3-5H2,1-2H3. The molecule has 19 heavy (non-hydrogen) atoms. The molecule has 0 N–H and O–H groups in total. The van der Waals surface area contributed by atoms with Crippen molar-refractivity contribution in [2.24, 2.45) is 0 Å². The number of hydrogen-bond acceptors (Lipinski definition) is 5. The first-order chi connectivity index (χ1) is 8.95. The van der Waals surface area contributed by atoms with Crippen LogP contribution in [0.3, 0.4) is 0 Å². The van der Waals surface area contributed by atoms with Crippen LogP contribution in [0.4, 0.5) is 0 Å². The smallest absolute Gasteiger partial charge is 0.225 e. The Bertz CT molecular complexity index is 684. The number of halogens is 1. The molecule has 2 aromatic rings. The van der Waals surface area contributed by atoms with Crippen LogP contribution < -0.4 is 0 Å². The fourth-order valence-corrected chi connectivity index (χ4v) is 4.43. The van der Waals surface area contributed by atoms with Crippen LogP contribution in [0.5, 0.6) is 0 Å². The van der Waals surface area contributed by atoms with E-state index < -0.39 is 10.0 Å². The minimum atomic E-state index is -3.44. The molecular formula is C11H14ClN3O2S2. The lowest BCUT2D eigenvalue weighted by atomic mass is 10.3. The van der Waals surface area contributed by atoms with Crippen molar-refractivity contribution in [1.29, 1.82) is 0 Å². The van der Waals surface area contributed by atoms with Crippen molar-refractivity contribution in [2.75, 3.05) is 13.6 Å². The molecule has 0 saturated carbocycles. The van der Waals surface area contributed by atoms with E-state index in [4.69, 9.17) is 11.6 Å². The van der Waals surface area contributed by atoms with E-state index >= 15 is 0 Å². The van der Waals surface area contributed by atoms with Gasteiger partial charge in [0, 0.05) is 19.8 Å². The molecule has 0 aliphatic heterocycles. The Morgan fingerprint density at radius 2 is 2.21 bits per heavy atom. The number of aromatic nitrogens is 2. The molecule has 104 valence electrons. The molecule has 0 aliphatic carbocycles. The van der Waals surface area contributed by atoms with Crippen molar-refractivity contribution in [3.8, 4) is 0 Å². The summed E-state index contributed by atoms with van der Waals surface area (Å²) in [5.41, 5.74) is 0.562. The normalized spacial score (nSPS) is 12.4. The minimum absolute atomic E-state index is 0.119. The van der Waals surface area contributed by atoms with Crippen molar-refractivity contribution in [3.05, 3.63) is 17.5 Å². The lowest BCUT2D eigenvalue weighted by Crippen LogP contribution is -2.27. The van der Waals surface area contributed by atoms with E-state index in [-0.39, 0.29) is 9.49 Å². The Kier molecular flexibility index (Phi) is 4.39. The van der Waals surface area contributed by atoms with Crippen molar-refractivity contribution in [1.82, 2.24) is 14.3 Å². The largest absolute Gasteiger partial charge is 0.252 e. The van der Waals surface area contributed by atoms with Crippen LogP contribution in [0.1, 0.15) is 19.8 Å². The van der Waals surface area contributed by atoms with Crippen LogP contribution in [0, 0.1) is 0 Å². The molecule has 0 bridgehead atoms. The molecule has 2 rings (SSSR count). The predicted molar refractivity (Wildman–Crippen MR) is 77.1 cm³/mol. The predicted octanol–water partition coefficient (Wildman–Crippen LogP) is 2.77. The van der Waals surface area contributed by atoms with E-state index in [1.807, 2.05) is 6.92 Å². The highest BCUT2D eigenvalue weighted by Crippen LogP contribution is 2.29. The van der Waals surface area contributed by atoms with Gasteiger partial charge >= 0.3 is 0 Å². The first kappa shape index (κ1) is 14.6. The number of unbranched alkanes of at least 4 members (excludes halogenated alkanes) is 1. The van der Waals surface area contributed by atoms with Gasteiger partial charge in [-0.3, -0.25) is 0 Å². The zero-order valence-corrected chi connectivity index (χ0v) is 13.0. The molecule has 0 spiro atoms. The molecule has 0 saturated heterocycles. The van der Waals surface area contributed by atoms with Crippen molar-refractivity contribution >= 4 is 43.2 Å². The summed E-state index contributed by atoms with van der Waals surface area (Å²) in [5.74, 6) is 0. The Balaban J connectivity index is 2.37. The summed E-state index contributed by atoms with van der Waals surface area (Å²) in [7, 11) is -1.85. The number of hydrogen-bond donors (Lipinski definition) is 0. The van der Waals surface area contributed by atoms with Gasteiger partial charge in [-0.2, -0.15) is 0 Å². The Hall–Kier alpha value is -0.760.